The number of hydrogen-bond acceptors (Lipinski definition) is 5. The van der Waals surface area contributed by atoms with E-state index in [9.17, 15) is 0 Å². The number of nitrogens with zero attached hydrogens (tertiary/aromatic N) is 5. The molecular weight excluding hydrogens is 366 g/mol. The Morgan fingerprint density at radius 3 is 2.79 bits per heavy atom. The molecule has 6 heteroatoms. The van der Waals surface area contributed by atoms with Crippen LogP contribution in [0.2, 0.25) is 0 Å². The molecule has 2 aliphatic heterocycles. The van der Waals surface area contributed by atoms with Crippen molar-refractivity contribution in [3.05, 3.63) is 78.0 Å². The van der Waals surface area contributed by atoms with Crippen LogP contribution in [0.15, 0.2) is 66.0 Å². The minimum absolute atomic E-state index is 0.00264. The molecule has 2 aliphatic rings. The van der Waals surface area contributed by atoms with E-state index >= 15 is 0 Å². The third kappa shape index (κ3) is 2.83. The Labute approximate surface area is 169 Å². The standard InChI is InChI=1S/C22H23N5S/c1-3-16-14-28-22-25-20(17-7-4-5-11-23-17)21(27(16)22)18-8-6-12-26(18)19-10-9-15(2)13-24-19/h4-13,16,20-21H,3,14H2,1-2H3/t16-,20-,21+/m1/s1. The average molecular weight is 390 g/mol. The predicted octanol–water partition coefficient (Wildman–Crippen LogP) is 4.56. The summed E-state index contributed by atoms with van der Waals surface area (Å²) < 4.78 is 2.20. The van der Waals surface area contributed by atoms with Gasteiger partial charge >= 0.3 is 0 Å². The summed E-state index contributed by atoms with van der Waals surface area (Å²) in [5.74, 6) is 2.04. The van der Waals surface area contributed by atoms with Gasteiger partial charge in [-0.25, -0.2) is 4.98 Å². The van der Waals surface area contributed by atoms with E-state index in [0.29, 0.717) is 6.04 Å². The molecule has 5 rings (SSSR count). The molecule has 0 aliphatic carbocycles. The zero-order chi connectivity index (χ0) is 19.1. The summed E-state index contributed by atoms with van der Waals surface area (Å²) in [6.45, 7) is 4.33. The van der Waals surface area contributed by atoms with Gasteiger partial charge in [-0.1, -0.05) is 30.8 Å². The number of hydrogen-bond donors (Lipinski definition) is 0. The van der Waals surface area contributed by atoms with Gasteiger partial charge in [0.15, 0.2) is 5.17 Å². The Hall–Kier alpha value is -2.60. The van der Waals surface area contributed by atoms with Crippen molar-refractivity contribution in [3.63, 3.8) is 0 Å². The highest BCUT2D eigenvalue weighted by molar-refractivity contribution is 8.14. The van der Waals surface area contributed by atoms with Crippen molar-refractivity contribution < 1.29 is 0 Å². The van der Waals surface area contributed by atoms with Crippen LogP contribution in [0.5, 0.6) is 0 Å². The van der Waals surface area contributed by atoms with Gasteiger partial charge in [0, 0.05) is 36.1 Å². The highest BCUT2D eigenvalue weighted by Gasteiger charge is 2.46. The second-order valence-corrected chi connectivity index (χ2v) is 8.32. The van der Waals surface area contributed by atoms with Crippen molar-refractivity contribution >= 4 is 16.9 Å². The first-order valence-corrected chi connectivity index (χ1v) is 10.7. The van der Waals surface area contributed by atoms with E-state index in [-0.39, 0.29) is 12.1 Å². The minimum Gasteiger partial charge on any atom is -0.337 e. The second kappa shape index (κ2) is 7.09. The number of thioether (sulfide) groups is 1. The van der Waals surface area contributed by atoms with Gasteiger partial charge in [0.05, 0.1) is 5.69 Å². The van der Waals surface area contributed by atoms with Crippen LogP contribution < -0.4 is 0 Å². The number of aromatic nitrogens is 3. The summed E-state index contributed by atoms with van der Waals surface area (Å²) in [7, 11) is 0. The van der Waals surface area contributed by atoms with E-state index in [0.717, 1.165) is 34.4 Å². The molecule has 0 amide bonds. The molecule has 0 radical (unpaired) electrons. The number of aryl methyl sites for hydroxylation is 1. The van der Waals surface area contributed by atoms with Crippen molar-refractivity contribution in [1.29, 1.82) is 0 Å². The SMILES string of the molecule is CC[C@@H]1CSC2=N[C@H](c3ccccn3)[C@H](c3cccn3-c3ccc(C)cn3)N21. The van der Waals surface area contributed by atoms with Gasteiger partial charge in [0.2, 0.25) is 0 Å². The average Bonchev–Trinajstić information content (AvgIpc) is 3.44. The van der Waals surface area contributed by atoms with Gasteiger partial charge in [-0.2, -0.15) is 0 Å². The molecule has 0 unspecified atom stereocenters. The van der Waals surface area contributed by atoms with Crippen LogP contribution in [-0.2, 0) is 0 Å². The van der Waals surface area contributed by atoms with Crippen molar-refractivity contribution in [2.75, 3.05) is 5.75 Å². The Morgan fingerprint density at radius 1 is 1.11 bits per heavy atom. The summed E-state index contributed by atoms with van der Waals surface area (Å²) in [5, 5.41) is 1.15. The van der Waals surface area contributed by atoms with Gasteiger partial charge < -0.3 is 9.47 Å². The lowest BCUT2D eigenvalue weighted by molar-refractivity contribution is 0.248. The maximum atomic E-state index is 5.11. The van der Waals surface area contributed by atoms with Gasteiger partial charge in [-0.15, -0.1) is 0 Å². The van der Waals surface area contributed by atoms with Gasteiger partial charge in [0.1, 0.15) is 17.9 Å². The zero-order valence-electron chi connectivity index (χ0n) is 16.1. The number of rotatable bonds is 4. The van der Waals surface area contributed by atoms with E-state index in [2.05, 4.69) is 69.8 Å². The Morgan fingerprint density at radius 2 is 2.04 bits per heavy atom. The molecule has 3 atom stereocenters. The van der Waals surface area contributed by atoms with Crippen LogP contribution in [-0.4, -0.2) is 36.4 Å². The Balaban J connectivity index is 1.62. The summed E-state index contributed by atoms with van der Waals surface area (Å²) >= 11 is 1.87. The minimum atomic E-state index is -0.00264. The molecule has 0 spiro atoms. The molecule has 0 N–H and O–H groups in total. The van der Waals surface area contributed by atoms with Crippen LogP contribution >= 0.6 is 11.8 Å². The lowest BCUT2D eigenvalue weighted by Gasteiger charge is -2.32. The Bertz CT molecular complexity index is 995. The fraction of sp³-hybridized carbons (Fsp3) is 0.318. The van der Waals surface area contributed by atoms with Crippen LogP contribution in [0.3, 0.4) is 0 Å². The van der Waals surface area contributed by atoms with E-state index in [1.807, 2.05) is 36.3 Å². The quantitative estimate of drug-likeness (QED) is 0.656. The fourth-order valence-electron chi connectivity index (χ4n) is 4.12. The topological polar surface area (TPSA) is 46.3 Å². The van der Waals surface area contributed by atoms with Crippen LogP contribution in [0.1, 0.15) is 42.4 Å². The van der Waals surface area contributed by atoms with Crippen molar-refractivity contribution in [1.82, 2.24) is 19.4 Å². The van der Waals surface area contributed by atoms with Crippen LogP contribution in [0.4, 0.5) is 0 Å². The second-order valence-electron chi connectivity index (χ2n) is 7.33. The normalized spacial score (nSPS) is 23.7. The summed E-state index contributed by atoms with van der Waals surface area (Å²) in [6, 6.07) is 15.2. The zero-order valence-corrected chi connectivity index (χ0v) is 16.9. The monoisotopic (exact) mass is 389 g/mol. The number of aliphatic imine (C=N–C) groups is 1. The lowest BCUT2D eigenvalue weighted by Crippen LogP contribution is -2.36. The summed E-state index contributed by atoms with van der Waals surface area (Å²) in [5.41, 5.74) is 3.40. The Kier molecular flexibility index (Phi) is 4.43. The molecule has 5 heterocycles. The smallest absolute Gasteiger partial charge is 0.160 e. The molecule has 0 aromatic carbocycles. The van der Waals surface area contributed by atoms with E-state index in [4.69, 9.17) is 4.99 Å². The first-order valence-electron chi connectivity index (χ1n) is 9.76. The summed E-state index contributed by atoms with van der Waals surface area (Å²) in [6.07, 6.45) is 7.00. The maximum absolute atomic E-state index is 5.11. The predicted molar refractivity (Wildman–Crippen MR) is 114 cm³/mol. The lowest BCUT2D eigenvalue weighted by atomic mass is 9.99. The first-order chi connectivity index (χ1) is 13.8. The third-order valence-electron chi connectivity index (χ3n) is 5.56. The molecule has 3 aromatic rings. The van der Waals surface area contributed by atoms with Gasteiger partial charge in [-0.3, -0.25) is 9.98 Å². The van der Waals surface area contributed by atoms with Crippen molar-refractivity contribution in [2.45, 2.75) is 38.4 Å². The highest BCUT2D eigenvalue weighted by Crippen LogP contribution is 2.48. The summed E-state index contributed by atoms with van der Waals surface area (Å²) in [4.78, 5) is 16.9. The third-order valence-corrected chi connectivity index (χ3v) is 6.68. The van der Waals surface area contributed by atoms with Crippen molar-refractivity contribution in [2.24, 2.45) is 4.99 Å². The number of pyridine rings is 2. The van der Waals surface area contributed by atoms with Crippen LogP contribution in [0, 0.1) is 6.92 Å². The number of fused-ring (bicyclic) bond motifs is 1. The molecule has 0 saturated carbocycles. The molecule has 0 bridgehead atoms. The van der Waals surface area contributed by atoms with E-state index in [1.54, 1.807) is 0 Å². The molecule has 3 aromatic heterocycles. The van der Waals surface area contributed by atoms with E-state index in [1.165, 1.54) is 5.69 Å². The fourth-order valence-corrected chi connectivity index (χ4v) is 5.45. The van der Waals surface area contributed by atoms with Gasteiger partial charge in [-0.05, 0) is 49.2 Å². The van der Waals surface area contributed by atoms with Crippen LogP contribution in [0.25, 0.3) is 5.82 Å². The van der Waals surface area contributed by atoms with Gasteiger partial charge in [0.25, 0.3) is 0 Å². The largest absolute Gasteiger partial charge is 0.337 e. The molecule has 28 heavy (non-hydrogen) atoms. The highest BCUT2D eigenvalue weighted by atomic mass is 32.2. The molecule has 1 fully saturated rings. The van der Waals surface area contributed by atoms with Crippen molar-refractivity contribution in [3.8, 4) is 5.82 Å². The van der Waals surface area contributed by atoms with E-state index < -0.39 is 0 Å². The molecule has 5 nitrogen and oxygen atoms in total. The first kappa shape index (κ1) is 17.5. The maximum Gasteiger partial charge on any atom is 0.160 e. The molecule has 1 saturated heterocycles. The molecule has 142 valence electrons. The number of amidine groups is 1. The molecular formula is C22H23N5S.